The lowest BCUT2D eigenvalue weighted by Gasteiger charge is -2.62. The first-order chi connectivity index (χ1) is 20.1. The van der Waals surface area contributed by atoms with Crippen LogP contribution >= 0.6 is 0 Å². The molecule has 1 aliphatic carbocycles. The molecule has 0 spiro atoms. The summed E-state index contributed by atoms with van der Waals surface area (Å²) in [4.78, 5) is 25.4. The summed E-state index contributed by atoms with van der Waals surface area (Å²) in [7, 11) is 1.85. The first kappa shape index (κ1) is 30.0. The molecule has 1 unspecified atom stereocenters. The van der Waals surface area contributed by atoms with Crippen LogP contribution in [-0.2, 0) is 14.9 Å². The van der Waals surface area contributed by atoms with Crippen molar-refractivity contribution in [2.24, 2.45) is 5.92 Å². The fourth-order valence-electron chi connectivity index (χ4n) is 8.03. The number of hydrogen-bond acceptors (Lipinski definition) is 4. The van der Waals surface area contributed by atoms with Gasteiger partial charge in [0.2, 0.25) is 0 Å². The van der Waals surface area contributed by atoms with Crippen LogP contribution in [0.15, 0.2) is 79.4 Å². The molecule has 5 rings (SSSR count). The molecule has 1 amide bonds. The summed E-state index contributed by atoms with van der Waals surface area (Å²) >= 11 is 0. The van der Waals surface area contributed by atoms with E-state index in [0.717, 1.165) is 72.7 Å². The van der Waals surface area contributed by atoms with Crippen molar-refractivity contribution in [2.75, 3.05) is 33.3 Å². The Labute approximate surface area is 250 Å². The number of ether oxygens (including phenoxy) is 2. The van der Waals surface area contributed by atoms with Crippen LogP contribution in [0, 0.1) is 5.92 Å². The summed E-state index contributed by atoms with van der Waals surface area (Å²) in [5.41, 5.74) is 0.971. The second-order valence-corrected chi connectivity index (χ2v) is 12.9. The highest BCUT2D eigenvalue weighted by molar-refractivity contribution is 5.98. The lowest BCUT2D eigenvalue weighted by molar-refractivity contribution is -0.938. The minimum atomic E-state index is -0.442. The van der Waals surface area contributed by atoms with Crippen LogP contribution in [0.2, 0.25) is 0 Å². The molecular formula is C36H45N2O4+. The summed E-state index contributed by atoms with van der Waals surface area (Å²) in [6, 6.07) is 21.9. The third kappa shape index (κ3) is 5.75. The summed E-state index contributed by atoms with van der Waals surface area (Å²) in [5.74, 6) is 0.693. The second kappa shape index (κ2) is 12.0. The van der Waals surface area contributed by atoms with Gasteiger partial charge in [0.25, 0.3) is 5.91 Å². The third-order valence-corrected chi connectivity index (χ3v) is 9.62. The van der Waals surface area contributed by atoms with Crippen LogP contribution in [0.5, 0.6) is 5.75 Å². The van der Waals surface area contributed by atoms with Crippen LogP contribution < -0.4 is 10.1 Å². The van der Waals surface area contributed by atoms with Gasteiger partial charge in [-0.05, 0) is 65.9 Å². The van der Waals surface area contributed by atoms with Gasteiger partial charge < -0.3 is 19.3 Å². The number of nitrogens with one attached hydrogen (secondary N) is 1. The number of piperidine rings is 1. The first-order valence-electron chi connectivity index (χ1n) is 15.2. The maximum absolute atomic E-state index is 13.6. The van der Waals surface area contributed by atoms with Gasteiger partial charge in [0.15, 0.2) is 0 Å². The quantitative estimate of drug-likeness (QED) is 0.140. The molecule has 42 heavy (non-hydrogen) atoms. The fraction of sp³-hybridized carbons (Fsp3) is 0.444. The van der Waals surface area contributed by atoms with Crippen LogP contribution in [0.3, 0.4) is 0 Å². The average molecular weight is 570 g/mol. The van der Waals surface area contributed by atoms with Crippen molar-refractivity contribution in [1.29, 1.82) is 0 Å². The van der Waals surface area contributed by atoms with Gasteiger partial charge >= 0.3 is 5.97 Å². The Kier molecular flexibility index (Phi) is 8.58. The van der Waals surface area contributed by atoms with E-state index in [1.165, 1.54) is 6.92 Å². The fourth-order valence-corrected chi connectivity index (χ4v) is 8.03. The number of amides is 1. The number of rotatable bonds is 9. The number of esters is 1. The third-order valence-electron chi connectivity index (χ3n) is 9.62. The predicted molar refractivity (Wildman–Crippen MR) is 168 cm³/mol. The molecule has 3 aromatic carbocycles. The highest BCUT2D eigenvalue weighted by atomic mass is 16.5. The second-order valence-electron chi connectivity index (χ2n) is 12.9. The van der Waals surface area contributed by atoms with Gasteiger partial charge in [-0.1, -0.05) is 62.9 Å². The van der Waals surface area contributed by atoms with E-state index in [9.17, 15) is 9.59 Å². The van der Waals surface area contributed by atoms with Crippen molar-refractivity contribution in [3.8, 4) is 5.75 Å². The van der Waals surface area contributed by atoms with Crippen molar-refractivity contribution in [3.05, 3.63) is 90.5 Å². The number of hydrogen-bond donors (Lipinski definition) is 1. The molecule has 0 radical (unpaired) electrons. The molecule has 1 saturated carbocycles. The van der Waals surface area contributed by atoms with Gasteiger partial charge in [-0.2, -0.15) is 0 Å². The standard InChI is InChI=1S/C36H44N2O4/c1-6-19-38(24-26(2)3)20-18-35(31-12-9-13-33(22-31)42-27(4)39)23-32(16-17-36(35,25-38)41-5)37-34(40)30-15-14-28-10-7-8-11-29(28)21-30/h6-15,21-22,26,32H,1,16-20,23-25H2,2-5H3/p+1/t32-,35-,36?,38+/m1/s1. The molecule has 2 aliphatic rings. The van der Waals surface area contributed by atoms with E-state index in [1.807, 2.05) is 61.7 Å². The molecule has 4 atom stereocenters. The zero-order valence-electron chi connectivity index (χ0n) is 25.5. The van der Waals surface area contributed by atoms with Gasteiger partial charge in [-0.3, -0.25) is 9.59 Å². The van der Waals surface area contributed by atoms with Gasteiger partial charge in [0, 0.05) is 43.4 Å². The Balaban J connectivity index is 1.51. The molecule has 6 nitrogen and oxygen atoms in total. The van der Waals surface area contributed by atoms with Crippen LogP contribution in [0.4, 0.5) is 0 Å². The molecule has 0 aromatic heterocycles. The van der Waals surface area contributed by atoms with E-state index in [4.69, 9.17) is 9.47 Å². The van der Waals surface area contributed by atoms with Gasteiger partial charge in [0.1, 0.15) is 17.9 Å². The van der Waals surface area contributed by atoms with E-state index >= 15 is 0 Å². The molecule has 2 fully saturated rings. The Morgan fingerprint density at radius 2 is 1.86 bits per heavy atom. The summed E-state index contributed by atoms with van der Waals surface area (Å²) in [5, 5.41) is 5.57. The van der Waals surface area contributed by atoms with Crippen molar-refractivity contribution < 1.29 is 23.5 Å². The number of methoxy groups -OCH3 is 1. The van der Waals surface area contributed by atoms with Crippen LogP contribution in [0.1, 0.15) is 62.4 Å². The van der Waals surface area contributed by atoms with Crippen molar-refractivity contribution >= 4 is 22.6 Å². The molecular weight excluding hydrogens is 524 g/mol. The van der Waals surface area contributed by atoms with Crippen LogP contribution in [0.25, 0.3) is 10.8 Å². The SMILES string of the molecule is C=CC[N@@+]1(CC(C)C)CC[C@]2(c3cccc(OC(C)=O)c3)C[C@H](NC(=O)c3ccc4ccccc4c3)CCC2(OC)C1. The van der Waals surface area contributed by atoms with E-state index in [2.05, 4.69) is 44.0 Å². The summed E-state index contributed by atoms with van der Waals surface area (Å²) < 4.78 is 13.1. The largest absolute Gasteiger partial charge is 0.427 e. The molecule has 1 saturated heterocycles. The van der Waals surface area contributed by atoms with E-state index in [1.54, 1.807) is 0 Å². The van der Waals surface area contributed by atoms with Gasteiger partial charge in [-0.25, -0.2) is 0 Å². The molecule has 1 heterocycles. The zero-order valence-corrected chi connectivity index (χ0v) is 25.5. The molecule has 6 heteroatoms. The minimum absolute atomic E-state index is 0.0193. The number of carbonyl (C=O) groups is 2. The van der Waals surface area contributed by atoms with Gasteiger partial charge in [-0.15, -0.1) is 0 Å². The normalized spacial score (nSPS) is 27.3. The average Bonchev–Trinajstić information content (AvgIpc) is 2.96. The number of fused-ring (bicyclic) bond motifs is 2. The van der Waals surface area contributed by atoms with Crippen molar-refractivity contribution in [1.82, 2.24) is 5.32 Å². The number of benzene rings is 3. The minimum Gasteiger partial charge on any atom is -0.427 e. The lowest BCUT2D eigenvalue weighted by Crippen LogP contribution is -2.73. The van der Waals surface area contributed by atoms with E-state index < -0.39 is 5.60 Å². The monoisotopic (exact) mass is 569 g/mol. The number of quaternary nitrogens is 1. The molecule has 3 aromatic rings. The van der Waals surface area contributed by atoms with Crippen molar-refractivity contribution in [3.63, 3.8) is 0 Å². The summed E-state index contributed by atoms with van der Waals surface area (Å²) in [6.07, 6.45) is 5.34. The highest BCUT2D eigenvalue weighted by Crippen LogP contribution is 2.55. The smallest absolute Gasteiger partial charge is 0.308 e. The zero-order chi connectivity index (χ0) is 30.0. The number of carbonyl (C=O) groups excluding carboxylic acids is 2. The number of nitrogens with zero attached hydrogens (tertiary/aromatic N) is 1. The summed E-state index contributed by atoms with van der Waals surface area (Å²) in [6.45, 7) is 13.9. The topological polar surface area (TPSA) is 64.6 Å². The number of likely N-dealkylation sites (tertiary alicyclic amines) is 1. The van der Waals surface area contributed by atoms with Crippen LogP contribution in [-0.4, -0.2) is 61.3 Å². The van der Waals surface area contributed by atoms with Crippen molar-refractivity contribution in [2.45, 2.75) is 63.5 Å². The molecule has 1 N–H and O–H groups in total. The maximum atomic E-state index is 13.6. The Hall–Kier alpha value is -3.48. The predicted octanol–water partition coefficient (Wildman–Crippen LogP) is 6.43. The molecule has 1 aliphatic heterocycles. The maximum Gasteiger partial charge on any atom is 0.308 e. The highest BCUT2D eigenvalue weighted by Gasteiger charge is 2.63. The van der Waals surface area contributed by atoms with E-state index in [0.29, 0.717) is 17.2 Å². The first-order valence-corrected chi connectivity index (χ1v) is 15.2. The Morgan fingerprint density at radius 3 is 2.57 bits per heavy atom. The van der Waals surface area contributed by atoms with Gasteiger partial charge in [0.05, 0.1) is 19.6 Å². The lowest BCUT2D eigenvalue weighted by atomic mass is 9.54. The Bertz CT molecular complexity index is 1470. The molecule has 222 valence electrons. The van der Waals surface area contributed by atoms with E-state index in [-0.39, 0.29) is 23.3 Å². The molecule has 0 bridgehead atoms. The Morgan fingerprint density at radius 1 is 1.07 bits per heavy atom.